The molecule has 48 heavy (non-hydrogen) atoms. The first kappa shape index (κ1) is 27.6. The van der Waals surface area contributed by atoms with Gasteiger partial charge in [-0.3, -0.25) is 0 Å². The van der Waals surface area contributed by atoms with Crippen LogP contribution in [0.1, 0.15) is 49.9 Å². The van der Waals surface area contributed by atoms with E-state index in [1.807, 2.05) is 0 Å². The Labute approximate surface area is 282 Å². The van der Waals surface area contributed by atoms with Gasteiger partial charge in [-0.05, 0) is 105 Å². The maximum Gasteiger partial charge on any atom is 0.0159 e. The van der Waals surface area contributed by atoms with Gasteiger partial charge in [0, 0.05) is 10.8 Å². The van der Waals surface area contributed by atoms with Crippen molar-refractivity contribution in [2.24, 2.45) is 0 Å². The average molecular weight is 613 g/mol. The molecule has 10 rings (SSSR count). The minimum atomic E-state index is -0.138. The Morgan fingerprint density at radius 3 is 1.35 bits per heavy atom. The van der Waals surface area contributed by atoms with E-state index < -0.39 is 0 Å². The summed E-state index contributed by atoms with van der Waals surface area (Å²) in [4.78, 5) is 0. The van der Waals surface area contributed by atoms with Crippen LogP contribution in [-0.4, -0.2) is 0 Å². The molecule has 0 N–H and O–H groups in total. The molecular weight excluding hydrogens is 577 g/mol. The van der Waals surface area contributed by atoms with Gasteiger partial charge in [0.1, 0.15) is 0 Å². The van der Waals surface area contributed by atoms with Crippen LogP contribution < -0.4 is 0 Å². The summed E-state index contributed by atoms with van der Waals surface area (Å²) in [6, 6.07) is 54.7. The first-order chi connectivity index (χ1) is 23.4. The molecule has 0 atom stereocenters. The van der Waals surface area contributed by atoms with Crippen LogP contribution in [0.25, 0.3) is 76.8 Å². The maximum absolute atomic E-state index is 2.56. The molecule has 0 fully saturated rings. The lowest BCUT2D eigenvalue weighted by Gasteiger charge is -2.26. The van der Waals surface area contributed by atoms with Crippen molar-refractivity contribution in [3.8, 4) is 44.5 Å². The second-order valence-corrected chi connectivity index (χ2v) is 14.8. The van der Waals surface area contributed by atoms with Crippen molar-refractivity contribution in [3.05, 3.63) is 168 Å². The minimum absolute atomic E-state index is 0.0760. The van der Waals surface area contributed by atoms with E-state index in [-0.39, 0.29) is 10.8 Å². The highest BCUT2D eigenvalue weighted by Gasteiger charge is 2.41. The number of hydrogen-bond donors (Lipinski definition) is 0. The zero-order chi connectivity index (χ0) is 32.4. The van der Waals surface area contributed by atoms with Crippen LogP contribution in [0.15, 0.2) is 146 Å². The van der Waals surface area contributed by atoms with Crippen LogP contribution in [0, 0.1) is 0 Å². The summed E-state index contributed by atoms with van der Waals surface area (Å²) in [5, 5.41) is 7.91. The summed E-state index contributed by atoms with van der Waals surface area (Å²) < 4.78 is 0. The average Bonchev–Trinajstić information content (AvgIpc) is 3.50. The Kier molecular flexibility index (Phi) is 5.50. The minimum Gasteiger partial charge on any atom is -0.0622 e. The van der Waals surface area contributed by atoms with Crippen molar-refractivity contribution in [2.45, 2.75) is 38.5 Å². The fourth-order valence-corrected chi connectivity index (χ4v) is 9.41. The van der Waals surface area contributed by atoms with Gasteiger partial charge in [-0.15, -0.1) is 0 Å². The highest BCUT2D eigenvalue weighted by Crippen LogP contribution is 2.59. The van der Waals surface area contributed by atoms with E-state index in [1.165, 1.54) is 99.1 Å². The maximum atomic E-state index is 2.56. The summed E-state index contributed by atoms with van der Waals surface area (Å²) in [5.74, 6) is 0. The quantitative estimate of drug-likeness (QED) is 0.170. The molecule has 0 radical (unpaired) electrons. The second kappa shape index (κ2) is 9.55. The number of rotatable bonds is 2. The summed E-state index contributed by atoms with van der Waals surface area (Å²) in [6.07, 6.45) is 0. The zero-order valence-electron chi connectivity index (χ0n) is 27.9. The van der Waals surface area contributed by atoms with Gasteiger partial charge in [-0.1, -0.05) is 167 Å². The molecule has 8 aromatic rings. The van der Waals surface area contributed by atoms with Gasteiger partial charge in [0.15, 0.2) is 0 Å². The molecule has 0 aliphatic heterocycles. The molecule has 0 unspecified atom stereocenters. The Hall–Kier alpha value is -5.46. The molecular formula is C48H36. The van der Waals surface area contributed by atoms with E-state index in [0.29, 0.717) is 0 Å². The largest absolute Gasteiger partial charge is 0.0622 e. The van der Waals surface area contributed by atoms with E-state index in [0.717, 1.165) is 0 Å². The van der Waals surface area contributed by atoms with E-state index >= 15 is 0 Å². The molecule has 0 saturated heterocycles. The lowest BCUT2D eigenvalue weighted by Crippen LogP contribution is -2.15. The first-order valence-corrected chi connectivity index (χ1v) is 17.2. The van der Waals surface area contributed by atoms with Crippen LogP contribution in [0.4, 0.5) is 0 Å². The van der Waals surface area contributed by atoms with Crippen LogP contribution in [0.2, 0.25) is 0 Å². The van der Waals surface area contributed by atoms with E-state index in [1.54, 1.807) is 0 Å². The van der Waals surface area contributed by atoms with E-state index in [2.05, 4.69) is 173 Å². The Morgan fingerprint density at radius 2 is 0.771 bits per heavy atom. The number of hydrogen-bond acceptors (Lipinski definition) is 0. The number of fused-ring (bicyclic) bond motifs is 11. The Balaban J connectivity index is 1.44. The van der Waals surface area contributed by atoms with E-state index in [4.69, 9.17) is 0 Å². The van der Waals surface area contributed by atoms with Crippen LogP contribution >= 0.6 is 0 Å². The summed E-state index contributed by atoms with van der Waals surface area (Å²) in [6.45, 7) is 9.63. The van der Waals surface area contributed by atoms with Crippen LogP contribution in [-0.2, 0) is 10.8 Å². The Bertz CT molecular complexity index is 2580. The lowest BCUT2D eigenvalue weighted by molar-refractivity contribution is 0.660. The van der Waals surface area contributed by atoms with Gasteiger partial charge in [-0.2, -0.15) is 0 Å². The molecule has 0 heterocycles. The topological polar surface area (TPSA) is 0 Å². The van der Waals surface area contributed by atoms with Crippen molar-refractivity contribution in [1.82, 2.24) is 0 Å². The molecule has 228 valence electrons. The van der Waals surface area contributed by atoms with Crippen molar-refractivity contribution in [2.75, 3.05) is 0 Å². The molecule has 0 saturated carbocycles. The molecule has 0 aromatic heterocycles. The summed E-state index contributed by atoms with van der Waals surface area (Å²) in [7, 11) is 0. The SMILES string of the molecule is CC1(C)c2ccccc2-c2c1ccc1c(-c3c4ccccc4c(-c4ccccc4)c4ccccc34)cc3c(c21)-c1ccccc1C3(C)C. The third-order valence-corrected chi connectivity index (χ3v) is 11.7. The van der Waals surface area contributed by atoms with Gasteiger partial charge < -0.3 is 0 Å². The molecule has 0 amide bonds. The first-order valence-electron chi connectivity index (χ1n) is 17.2. The Morgan fingerprint density at radius 1 is 0.312 bits per heavy atom. The number of benzene rings is 8. The highest BCUT2D eigenvalue weighted by atomic mass is 14.4. The van der Waals surface area contributed by atoms with E-state index in [9.17, 15) is 0 Å². The van der Waals surface area contributed by atoms with Crippen molar-refractivity contribution >= 4 is 32.3 Å². The van der Waals surface area contributed by atoms with Crippen LogP contribution in [0.5, 0.6) is 0 Å². The normalized spacial score (nSPS) is 15.0. The predicted molar refractivity (Wildman–Crippen MR) is 205 cm³/mol. The molecule has 0 heteroatoms. The molecule has 0 spiro atoms. The van der Waals surface area contributed by atoms with Crippen molar-refractivity contribution in [3.63, 3.8) is 0 Å². The van der Waals surface area contributed by atoms with Gasteiger partial charge in [0.2, 0.25) is 0 Å². The van der Waals surface area contributed by atoms with Crippen molar-refractivity contribution < 1.29 is 0 Å². The van der Waals surface area contributed by atoms with Gasteiger partial charge >= 0.3 is 0 Å². The monoisotopic (exact) mass is 612 g/mol. The third-order valence-electron chi connectivity index (χ3n) is 11.7. The van der Waals surface area contributed by atoms with Crippen molar-refractivity contribution in [1.29, 1.82) is 0 Å². The molecule has 0 nitrogen and oxygen atoms in total. The molecule has 2 aliphatic carbocycles. The fraction of sp³-hybridized carbons (Fsp3) is 0.125. The lowest BCUT2D eigenvalue weighted by atomic mass is 9.77. The van der Waals surface area contributed by atoms with Gasteiger partial charge in [-0.25, -0.2) is 0 Å². The second-order valence-electron chi connectivity index (χ2n) is 14.8. The summed E-state index contributed by atoms with van der Waals surface area (Å²) in [5.41, 5.74) is 16.2. The van der Waals surface area contributed by atoms with Crippen LogP contribution in [0.3, 0.4) is 0 Å². The van der Waals surface area contributed by atoms with Gasteiger partial charge in [0.25, 0.3) is 0 Å². The summed E-state index contributed by atoms with van der Waals surface area (Å²) >= 11 is 0. The third kappa shape index (κ3) is 3.45. The molecule has 2 aliphatic rings. The molecule has 0 bridgehead atoms. The van der Waals surface area contributed by atoms with Gasteiger partial charge in [0.05, 0.1) is 0 Å². The standard InChI is InChI=1S/C48H36/c1-47(2)38-24-14-12-22-35(38)44-40(47)27-26-34-37(28-41-45(46(34)44)36-23-13-15-25-39(36)48(41,3)4)43-32-20-10-8-18-30(32)42(29-16-6-5-7-17-29)31-19-9-11-21-33(31)43/h5-28H,1-4H3. The smallest absolute Gasteiger partial charge is 0.0159 e. The predicted octanol–water partition coefficient (Wildman–Crippen LogP) is 13.1. The fourth-order valence-electron chi connectivity index (χ4n) is 9.41. The molecule has 8 aromatic carbocycles. The highest BCUT2D eigenvalue weighted by molar-refractivity contribution is 6.26. The zero-order valence-corrected chi connectivity index (χ0v) is 27.9.